The van der Waals surface area contributed by atoms with E-state index >= 15 is 0 Å². The van der Waals surface area contributed by atoms with Crippen molar-refractivity contribution in [3.63, 3.8) is 0 Å². The summed E-state index contributed by atoms with van der Waals surface area (Å²) < 4.78 is 0.470. The minimum atomic E-state index is -0.100. The van der Waals surface area contributed by atoms with Gasteiger partial charge in [0.1, 0.15) is 0 Å². The second-order valence-electron chi connectivity index (χ2n) is 1.69. The van der Waals surface area contributed by atoms with Crippen LogP contribution >= 0.6 is 15.9 Å². The van der Waals surface area contributed by atoms with Crippen LogP contribution < -0.4 is 5.56 Å². The molecule has 0 aromatic carbocycles. The molecule has 0 spiro atoms. The van der Waals surface area contributed by atoms with Gasteiger partial charge in [-0.05, 0) is 22.9 Å². The molecule has 1 aromatic rings. The van der Waals surface area contributed by atoms with Crippen LogP contribution in [0, 0.1) is 6.92 Å². The maximum atomic E-state index is 10.7. The van der Waals surface area contributed by atoms with Crippen LogP contribution in [0.2, 0.25) is 0 Å². The molecule has 4 heteroatoms. The first-order valence-corrected chi connectivity index (χ1v) is 3.21. The van der Waals surface area contributed by atoms with E-state index in [0.717, 1.165) is 0 Å². The van der Waals surface area contributed by atoms with E-state index in [-0.39, 0.29) is 5.56 Å². The van der Waals surface area contributed by atoms with Gasteiger partial charge in [-0.25, -0.2) is 4.98 Å². The van der Waals surface area contributed by atoms with Crippen LogP contribution in [-0.4, -0.2) is 9.97 Å². The number of aromatic nitrogens is 2. The van der Waals surface area contributed by atoms with Crippen LogP contribution in [0.15, 0.2) is 15.7 Å². The lowest BCUT2D eigenvalue weighted by molar-refractivity contribution is 1.03. The Morgan fingerprint density at radius 2 is 2.44 bits per heavy atom. The molecule has 0 amide bonds. The second kappa shape index (κ2) is 2.31. The van der Waals surface area contributed by atoms with Gasteiger partial charge in [-0.3, -0.25) is 4.79 Å². The Labute approximate surface area is 60.3 Å². The summed E-state index contributed by atoms with van der Waals surface area (Å²) in [5, 5.41) is 0. The topological polar surface area (TPSA) is 45.8 Å². The zero-order valence-electron chi connectivity index (χ0n) is 4.81. The highest BCUT2D eigenvalue weighted by Gasteiger charge is 1.91. The molecule has 0 unspecified atom stereocenters. The smallest absolute Gasteiger partial charge is 0.254 e. The molecule has 1 rings (SSSR count). The third kappa shape index (κ3) is 1.38. The standard InChI is InChI=1S/C5H5BrN2O/c1-3-2-7-5(6)8-4(3)9/h2H,1H3,(H,7,8,9). The van der Waals surface area contributed by atoms with Crippen molar-refractivity contribution in [1.82, 2.24) is 9.97 Å². The molecule has 1 N–H and O–H groups in total. The molecular formula is C5H5BrN2O. The first-order chi connectivity index (χ1) is 4.20. The van der Waals surface area contributed by atoms with Gasteiger partial charge in [0.15, 0.2) is 4.73 Å². The third-order valence-electron chi connectivity index (χ3n) is 0.946. The van der Waals surface area contributed by atoms with Gasteiger partial charge in [-0.1, -0.05) is 0 Å². The minimum absolute atomic E-state index is 0.100. The predicted octanol–water partition coefficient (Wildman–Crippen LogP) is 0.841. The van der Waals surface area contributed by atoms with Gasteiger partial charge in [-0.2, -0.15) is 0 Å². The monoisotopic (exact) mass is 188 g/mol. The Balaban J connectivity index is 3.34. The van der Waals surface area contributed by atoms with Gasteiger partial charge in [0.05, 0.1) is 0 Å². The molecule has 1 heterocycles. The molecule has 48 valence electrons. The normalized spacial score (nSPS) is 9.56. The Morgan fingerprint density at radius 1 is 1.78 bits per heavy atom. The van der Waals surface area contributed by atoms with Crippen molar-refractivity contribution in [3.8, 4) is 0 Å². The van der Waals surface area contributed by atoms with Gasteiger partial charge >= 0.3 is 0 Å². The van der Waals surface area contributed by atoms with Crippen molar-refractivity contribution in [2.45, 2.75) is 6.92 Å². The molecule has 0 radical (unpaired) electrons. The Hall–Kier alpha value is -0.640. The first-order valence-electron chi connectivity index (χ1n) is 2.41. The largest absolute Gasteiger partial charge is 0.301 e. The minimum Gasteiger partial charge on any atom is -0.301 e. The highest BCUT2D eigenvalue weighted by Crippen LogP contribution is 1.95. The summed E-state index contributed by atoms with van der Waals surface area (Å²) >= 11 is 3.03. The maximum absolute atomic E-state index is 10.7. The molecular weight excluding hydrogens is 184 g/mol. The number of aryl methyl sites for hydroxylation is 1. The molecule has 0 aliphatic heterocycles. The van der Waals surface area contributed by atoms with E-state index in [0.29, 0.717) is 10.3 Å². The molecule has 9 heavy (non-hydrogen) atoms. The Kier molecular flexibility index (Phi) is 1.66. The lowest BCUT2D eigenvalue weighted by Crippen LogP contribution is -2.09. The highest BCUT2D eigenvalue weighted by atomic mass is 79.9. The van der Waals surface area contributed by atoms with E-state index in [1.807, 2.05) is 0 Å². The second-order valence-corrected chi connectivity index (χ2v) is 2.44. The fourth-order valence-electron chi connectivity index (χ4n) is 0.437. The lowest BCUT2D eigenvalue weighted by atomic mass is 10.4. The summed E-state index contributed by atoms with van der Waals surface area (Å²) in [6, 6.07) is 0. The molecule has 3 nitrogen and oxygen atoms in total. The van der Waals surface area contributed by atoms with Gasteiger partial charge < -0.3 is 4.98 Å². The van der Waals surface area contributed by atoms with Crippen LogP contribution in [0.5, 0.6) is 0 Å². The molecule has 0 aliphatic carbocycles. The number of H-pyrrole nitrogens is 1. The van der Waals surface area contributed by atoms with Crippen LogP contribution in [-0.2, 0) is 0 Å². The first kappa shape index (κ1) is 6.48. The summed E-state index contributed by atoms with van der Waals surface area (Å²) in [4.78, 5) is 17.0. The zero-order valence-corrected chi connectivity index (χ0v) is 6.40. The van der Waals surface area contributed by atoms with Gasteiger partial charge in [-0.15, -0.1) is 0 Å². The summed E-state index contributed by atoms with van der Waals surface area (Å²) in [6.45, 7) is 1.71. The molecule has 0 saturated heterocycles. The number of nitrogens with one attached hydrogen (secondary N) is 1. The highest BCUT2D eigenvalue weighted by molar-refractivity contribution is 9.10. The Bertz CT molecular complexity index is 268. The van der Waals surface area contributed by atoms with Crippen LogP contribution in [0.25, 0.3) is 0 Å². The quantitative estimate of drug-likeness (QED) is 0.614. The van der Waals surface area contributed by atoms with E-state index in [1.54, 1.807) is 6.92 Å². The molecule has 0 aliphatic rings. The van der Waals surface area contributed by atoms with E-state index in [9.17, 15) is 4.79 Å². The zero-order chi connectivity index (χ0) is 6.85. The Morgan fingerprint density at radius 3 is 2.89 bits per heavy atom. The summed E-state index contributed by atoms with van der Waals surface area (Å²) in [5.41, 5.74) is 0.523. The van der Waals surface area contributed by atoms with Crippen LogP contribution in [0.4, 0.5) is 0 Å². The number of nitrogens with zero attached hydrogens (tertiary/aromatic N) is 1. The van der Waals surface area contributed by atoms with E-state index in [4.69, 9.17) is 0 Å². The molecule has 0 saturated carbocycles. The lowest BCUT2D eigenvalue weighted by Gasteiger charge is -1.88. The average molecular weight is 189 g/mol. The predicted molar refractivity (Wildman–Crippen MR) is 37.3 cm³/mol. The number of halogens is 1. The number of rotatable bonds is 0. The van der Waals surface area contributed by atoms with Crippen LogP contribution in [0.3, 0.4) is 0 Å². The number of hydrogen-bond acceptors (Lipinski definition) is 2. The van der Waals surface area contributed by atoms with Crippen molar-refractivity contribution in [3.05, 3.63) is 26.8 Å². The van der Waals surface area contributed by atoms with Crippen molar-refractivity contribution in [2.24, 2.45) is 0 Å². The summed E-state index contributed by atoms with van der Waals surface area (Å²) in [7, 11) is 0. The van der Waals surface area contributed by atoms with Gasteiger partial charge in [0.2, 0.25) is 0 Å². The van der Waals surface area contributed by atoms with Crippen molar-refractivity contribution in [1.29, 1.82) is 0 Å². The van der Waals surface area contributed by atoms with Crippen molar-refractivity contribution < 1.29 is 0 Å². The maximum Gasteiger partial charge on any atom is 0.254 e. The van der Waals surface area contributed by atoms with Crippen LogP contribution in [0.1, 0.15) is 5.56 Å². The average Bonchev–Trinajstić information content (AvgIpc) is 1.80. The van der Waals surface area contributed by atoms with Gasteiger partial charge in [0, 0.05) is 11.8 Å². The van der Waals surface area contributed by atoms with Crippen molar-refractivity contribution >= 4 is 15.9 Å². The molecule has 0 bridgehead atoms. The number of hydrogen-bond donors (Lipinski definition) is 1. The van der Waals surface area contributed by atoms with E-state index < -0.39 is 0 Å². The van der Waals surface area contributed by atoms with Crippen molar-refractivity contribution in [2.75, 3.05) is 0 Å². The molecule has 1 aromatic heterocycles. The van der Waals surface area contributed by atoms with Gasteiger partial charge in [0.25, 0.3) is 5.56 Å². The molecule has 0 fully saturated rings. The fraction of sp³-hybridized carbons (Fsp3) is 0.200. The fourth-order valence-corrected chi connectivity index (χ4v) is 0.719. The van der Waals surface area contributed by atoms with E-state index in [2.05, 4.69) is 25.9 Å². The summed E-state index contributed by atoms with van der Waals surface area (Å²) in [5.74, 6) is 0. The molecule has 0 atom stereocenters. The number of aromatic amines is 1. The SMILES string of the molecule is Cc1cnc(Br)[nH]c1=O. The third-order valence-corrected chi connectivity index (χ3v) is 1.35. The van der Waals surface area contributed by atoms with E-state index in [1.165, 1.54) is 6.20 Å². The summed E-state index contributed by atoms with van der Waals surface area (Å²) in [6.07, 6.45) is 1.52.